The quantitative estimate of drug-likeness (QED) is 0.0779. The van der Waals surface area contributed by atoms with E-state index in [1.807, 2.05) is 30.3 Å². The molecule has 0 aliphatic heterocycles. The zero-order valence-electron chi connectivity index (χ0n) is 29.7. The largest absolute Gasteiger partial charge is 0.468 e. The summed E-state index contributed by atoms with van der Waals surface area (Å²) in [7, 11) is -4.90. The summed E-state index contributed by atoms with van der Waals surface area (Å²) >= 11 is 0. The Bertz CT molecular complexity index is 1270. The van der Waals surface area contributed by atoms with Gasteiger partial charge in [0.2, 0.25) is 5.91 Å². The molecule has 0 saturated heterocycles. The molecular formula is C34H55NO11P2. The van der Waals surface area contributed by atoms with Crippen molar-refractivity contribution in [2.75, 3.05) is 59.5 Å². The number of hydrogen-bond acceptors (Lipinski definition) is 11. The van der Waals surface area contributed by atoms with E-state index in [2.05, 4.69) is 31.3 Å². The van der Waals surface area contributed by atoms with E-state index in [0.717, 1.165) is 24.2 Å². The smallest absolute Gasteiger partial charge is 0.345 e. The second kappa shape index (κ2) is 21.7. The highest BCUT2D eigenvalue weighted by molar-refractivity contribution is 7.72. The van der Waals surface area contributed by atoms with Gasteiger partial charge in [0.05, 0.1) is 32.1 Å². The van der Waals surface area contributed by atoms with Gasteiger partial charge >= 0.3 is 15.2 Å². The van der Waals surface area contributed by atoms with Gasteiger partial charge in [-0.05, 0) is 94.2 Å². The van der Waals surface area contributed by atoms with Gasteiger partial charge < -0.3 is 42.4 Å². The van der Waals surface area contributed by atoms with Gasteiger partial charge in [-0.25, -0.2) is 0 Å². The molecular weight excluding hydrogens is 660 g/mol. The van der Waals surface area contributed by atoms with Gasteiger partial charge in [0.25, 0.3) is 0 Å². The number of hydrogen-bond donors (Lipinski definition) is 1. The SMILES string of the molecule is CCOP(=O)(OCC)C(CCC(=O)Nc1cc(C(CC)C(CC)c2ccc(OCOC)cc2)ccc1OCOC)P(=O)(OCC)OCC. The van der Waals surface area contributed by atoms with Crippen LogP contribution in [0.1, 0.15) is 90.2 Å². The van der Waals surface area contributed by atoms with E-state index < -0.39 is 26.5 Å². The van der Waals surface area contributed by atoms with Crippen molar-refractivity contribution in [2.24, 2.45) is 0 Å². The fourth-order valence-corrected chi connectivity index (χ4v) is 11.0. The van der Waals surface area contributed by atoms with Gasteiger partial charge in [0, 0.05) is 20.6 Å². The lowest BCUT2D eigenvalue weighted by Gasteiger charge is -2.31. The zero-order valence-corrected chi connectivity index (χ0v) is 31.5. The van der Waals surface area contributed by atoms with Crippen LogP contribution in [0.2, 0.25) is 0 Å². The Hall–Kier alpha value is -2.27. The van der Waals surface area contributed by atoms with Crippen LogP contribution >= 0.6 is 15.2 Å². The van der Waals surface area contributed by atoms with Gasteiger partial charge in [0.1, 0.15) is 11.5 Å². The van der Waals surface area contributed by atoms with Crippen LogP contribution in [0.3, 0.4) is 0 Å². The average molecular weight is 716 g/mol. The van der Waals surface area contributed by atoms with Gasteiger partial charge in [-0.2, -0.15) is 0 Å². The summed E-state index contributed by atoms with van der Waals surface area (Å²) in [5.41, 5.74) is 2.65. The molecule has 0 fully saturated rings. The van der Waals surface area contributed by atoms with Crippen LogP contribution in [0.4, 0.5) is 5.69 Å². The maximum Gasteiger partial charge on any atom is 0.345 e. The Morgan fingerprint density at radius 3 is 1.65 bits per heavy atom. The van der Waals surface area contributed by atoms with E-state index >= 15 is 0 Å². The first-order chi connectivity index (χ1) is 23.1. The topological polar surface area (TPSA) is 137 Å². The number of nitrogens with one attached hydrogen (secondary N) is 1. The molecule has 12 nitrogen and oxygen atoms in total. The summed E-state index contributed by atoms with van der Waals surface area (Å²) in [4.78, 5) is 13.5. The van der Waals surface area contributed by atoms with Crippen LogP contribution in [0.15, 0.2) is 42.5 Å². The number of benzene rings is 2. The molecule has 14 heteroatoms. The number of rotatable bonds is 25. The summed E-state index contributed by atoms with van der Waals surface area (Å²) in [5, 5.41) is 1.66. The lowest BCUT2D eigenvalue weighted by atomic mass is 9.78. The molecule has 0 saturated carbocycles. The van der Waals surface area contributed by atoms with Crippen LogP contribution in [0.5, 0.6) is 11.5 Å². The minimum Gasteiger partial charge on any atom is -0.468 e. The van der Waals surface area contributed by atoms with E-state index in [1.54, 1.807) is 34.8 Å². The Labute approximate surface area is 286 Å². The Balaban J connectivity index is 2.42. The molecule has 2 atom stereocenters. The molecule has 0 heterocycles. The molecule has 0 aliphatic rings. The Kier molecular flexibility index (Phi) is 19.0. The number of anilines is 1. The van der Waals surface area contributed by atoms with Crippen LogP contribution < -0.4 is 14.8 Å². The van der Waals surface area contributed by atoms with Crippen molar-refractivity contribution in [2.45, 2.75) is 84.5 Å². The molecule has 2 rings (SSSR count). The first-order valence-corrected chi connectivity index (χ1v) is 19.9. The first-order valence-electron chi connectivity index (χ1n) is 16.6. The number of methoxy groups -OCH3 is 2. The maximum absolute atomic E-state index is 13.9. The lowest BCUT2D eigenvalue weighted by Crippen LogP contribution is -2.21. The summed E-state index contributed by atoms with van der Waals surface area (Å²) < 4.78 is 71.6. The molecule has 1 amide bonds. The molecule has 272 valence electrons. The number of carbonyl (C=O) groups excluding carboxylic acids is 1. The maximum atomic E-state index is 13.9. The van der Waals surface area contributed by atoms with E-state index in [4.69, 9.17) is 37.0 Å². The minimum absolute atomic E-state index is 0.0195. The fraction of sp³-hybridized carbons (Fsp3) is 0.618. The fourth-order valence-electron chi connectivity index (χ4n) is 5.67. The molecule has 48 heavy (non-hydrogen) atoms. The second-order valence-electron chi connectivity index (χ2n) is 10.8. The highest BCUT2D eigenvalue weighted by Gasteiger charge is 2.50. The van der Waals surface area contributed by atoms with E-state index in [-0.39, 0.29) is 64.7 Å². The molecule has 2 aromatic rings. The molecule has 0 aromatic heterocycles. The van der Waals surface area contributed by atoms with Crippen molar-refractivity contribution >= 4 is 26.8 Å². The van der Waals surface area contributed by atoms with Gasteiger partial charge in [-0.1, -0.05) is 32.0 Å². The third-order valence-electron chi connectivity index (χ3n) is 7.65. The van der Waals surface area contributed by atoms with Crippen molar-refractivity contribution in [1.82, 2.24) is 0 Å². The van der Waals surface area contributed by atoms with E-state index in [9.17, 15) is 13.9 Å². The van der Waals surface area contributed by atoms with Crippen molar-refractivity contribution in [3.8, 4) is 11.5 Å². The molecule has 0 radical (unpaired) electrons. The third-order valence-corrected chi connectivity index (χ3v) is 13.8. The normalized spacial score (nSPS) is 13.4. The van der Waals surface area contributed by atoms with Gasteiger partial charge in [0.15, 0.2) is 19.0 Å². The highest BCUT2D eigenvalue weighted by Crippen LogP contribution is 2.71. The Morgan fingerprint density at radius 1 is 0.688 bits per heavy atom. The highest BCUT2D eigenvalue weighted by atomic mass is 31.2. The van der Waals surface area contributed by atoms with Crippen LogP contribution in [0, 0.1) is 0 Å². The molecule has 0 aliphatic carbocycles. The number of amides is 1. The van der Waals surface area contributed by atoms with Gasteiger partial charge in [-0.3, -0.25) is 13.9 Å². The van der Waals surface area contributed by atoms with E-state index in [1.165, 1.54) is 12.7 Å². The monoisotopic (exact) mass is 715 g/mol. The lowest BCUT2D eigenvalue weighted by molar-refractivity contribution is -0.116. The van der Waals surface area contributed by atoms with Crippen molar-refractivity contribution < 1.29 is 51.0 Å². The molecule has 2 unspecified atom stereocenters. The summed E-state index contributed by atoms with van der Waals surface area (Å²) in [6, 6.07) is 13.8. The number of carbonyl (C=O) groups is 1. The average Bonchev–Trinajstić information content (AvgIpc) is 3.06. The second-order valence-corrected chi connectivity index (χ2v) is 15.6. The molecule has 1 N–H and O–H groups in total. The third kappa shape index (κ3) is 12.0. The standard InChI is InChI=1S/C34H55NO11P2/c1-9-29(26-15-18-28(19-16-26)41-24-39-7)30(10-2)27-17-20-32(42-25-40-8)31(23-27)35-33(36)21-22-34(47(37,43-11-3)44-12-4)48(38,45-13-5)46-14-6/h15-20,23,29-30,34H,9-14,21-22,24-25H2,1-8H3,(H,35,36). The molecule has 0 spiro atoms. The summed E-state index contributed by atoms with van der Waals surface area (Å²) in [6.07, 6.45) is 1.44. The molecule has 0 bridgehead atoms. The van der Waals surface area contributed by atoms with Crippen LogP contribution in [-0.2, 0) is 41.5 Å². The van der Waals surface area contributed by atoms with Crippen molar-refractivity contribution in [3.05, 3.63) is 53.6 Å². The van der Waals surface area contributed by atoms with E-state index in [0.29, 0.717) is 11.4 Å². The summed E-state index contributed by atoms with van der Waals surface area (Å²) in [6.45, 7) is 11.3. The predicted molar refractivity (Wildman–Crippen MR) is 187 cm³/mol. The number of ether oxygens (including phenoxy) is 4. The zero-order chi connectivity index (χ0) is 35.6. The van der Waals surface area contributed by atoms with Gasteiger partial charge in [-0.15, -0.1) is 0 Å². The summed E-state index contributed by atoms with van der Waals surface area (Å²) in [5.74, 6) is 1.07. The van der Waals surface area contributed by atoms with Crippen molar-refractivity contribution in [3.63, 3.8) is 0 Å². The minimum atomic E-state index is -4.00. The molecule has 2 aromatic carbocycles. The first kappa shape index (κ1) is 41.9. The predicted octanol–water partition coefficient (Wildman–Crippen LogP) is 8.92. The van der Waals surface area contributed by atoms with Crippen LogP contribution in [-0.4, -0.2) is 65.5 Å². The van der Waals surface area contributed by atoms with Crippen LogP contribution in [0.25, 0.3) is 0 Å². The van der Waals surface area contributed by atoms with Crippen molar-refractivity contribution in [1.29, 1.82) is 0 Å². The Morgan fingerprint density at radius 2 is 1.17 bits per heavy atom.